The van der Waals surface area contributed by atoms with Crippen molar-refractivity contribution in [3.05, 3.63) is 42.0 Å². The molecule has 3 rings (SSSR count). The average Bonchev–Trinajstić information content (AvgIpc) is 3.36. The number of aromatic nitrogens is 1. The second-order valence-corrected chi connectivity index (χ2v) is 12.9. The zero-order valence-electron chi connectivity index (χ0n) is 24.9. The number of hydrogen-bond donors (Lipinski definition) is 0. The molecule has 1 amide bonds. The number of amides is 1. The fourth-order valence-electron chi connectivity index (χ4n) is 4.28. The Hall–Kier alpha value is -2.44. The fraction of sp³-hybridized carbons (Fsp3) is 0.517. The van der Waals surface area contributed by atoms with Crippen LogP contribution in [0.1, 0.15) is 56.3 Å². The maximum Gasteiger partial charge on any atom is 0.260 e. The van der Waals surface area contributed by atoms with E-state index < -0.39 is 10.0 Å². The van der Waals surface area contributed by atoms with Crippen molar-refractivity contribution in [2.75, 3.05) is 59.4 Å². The number of sulfonamides is 1. The van der Waals surface area contributed by atoms with Crippen molar-refractivity contribution >= 4 is 55.0 Å². The second-order valence-electron chi connectivity index (χ2n) is 9.92. The minimum Gasteiger partial charge on any atom is -0.493 e. The Morgan fingerprint density at radius 2 is 1.46 bits per heavy atom. The molecule has 1 heterocycles. The van der Waals surface area contributed by atoms with E-state index in [1.165, 1.54) is 11.3 Å². The first-order valence-corrected chi connectivity index (χ1v) is 16.0. The first-order chi connectivity index (χ1) is 19.2. The van der Waals surface area contributed by atoms with Crippen molar-refractivity contribution in [1.82, 2.24) is 14.2 Å². The van der Waals surface area contributed by atoms with E-state index in [2.05, 4.69) is 4.90 Å². The Kier molecular flexibility index (Phi) is 13.8. The molecule has 41 heavy (non-hydrogen) atoms. The number of carbonyl (C=O) groups excluding carboxylic acids is 1. The SMILES string of the molecule is CCCCN(CCCC)S(=O)(=O)c1ccc(C(=O)N(CCCN(C)C)c2nc3cc(OC)c(OC)cc3s2)cc1.Cl. The molecule has 0 aliphatic carbocycles. The third-order valence-electron chi connectivity index (χ3n) is 6.61. The van der Waals surface area contributed by atoms with Gasteiger partial charge in [-0.1, -0.05) is 38.0 Å². The standard InChI is InChI=1S/C29H42N4O5S2.ClH/c1-7-9-17-32(18-10-8-2)40(35,36)23-14-12-22(13-15-23)28(34)33(19-11-16-31(3)4)29-30-24-20-25(37-5)26(38-6)21-27(24)39-29;/h12-15,20-21H,7-11,16-19H2,1-6H3;1H. The molecular formula is C29H43ClN4O5S2. The highest BCUT2D eigenvalue weighted by Crippen LogP contribution is 2.37. The molecule has 3 aromatic rings. The molecule has 0 aliphatic heterocycles. The first kappa shape index (κ1) is 34.8. The van der Waals surface area contributed by atoms with Crippen LogP contribution in [0.4, 0.5) is 5.13 Å². The number of fused-ring (bicyclic) bond motifs is 1. The number of anilines is 1. The van der Waals surface area contributed by atoms with Crippen LogP contribution < -0.4 is 14.4 Å². The molecule has 1 aromatic heterocycles. The molecule has 0 radical (unpaired) electrons. The summed E-state index contributed by atoms with van der Waals surface area (Å²) in [5.41, 5.74) is 1.12. The molecule has 9 nitrogen and oxygen atoms in total. The van der Waals surface area contributed by atoms with E-state index in [0.29, 0.717) is 47.3 Å². The average molecular weight is 627 g/mol. The molecule has 0 saturated carbocycles. The monoisotopic (exact) mass is 626 g/mol. The minimum absolute atomic E-state index is 0. The van der Waals surface area contributed by atoms with Crippen LogP contribution in [0.5, 0.6) is 11.5 Å². The molecule has 2 aromatic carbocycles. The number of ether oxygens (including phenoxy) is 2. The molecule has 0 atom stereocenters. The summed E-state index contributed by atoms with van der Waals surface area (Å²) < 4.78 is 40.1. The lowest BCUT2D eigenvalue weighted by Gasteiger charge is -2.23. The lowest BCUT2D eigenvalue weighted by Crippen LogP contribution is -2.34. The van der Waals surface area contributed by atoms with Gasteiger partial charge in [-0.15, -0.1) is 12.4 Å². The van der Waals surface area contributed by atoms with Gasteiger partial charge in [0, 0.05) is 37.3 Å². The van der Waals surface area contributed by atoms with Crippen molar-refractivity contribution in [2.24, 2.45) is 0 Å². The predicted molar refractivity (Wildman–Crippen MR) is 170 cm³/mol. The van der Waals surface area contributed by atoms with Crippen molar-refractivity contribution in [2.45, 2.75) is 50.8 Å². The van der Waals surface area contributed by atoms with Crippen LogP contribution >= 0.6 is 23.7 Å². The van der Waals surface area contributed by atoms with Crippen molar-refractivity contribution in [3.8, 4) is 11.5 Å². The van der Waals surface area contributed by atoms with Crippen LogP contribution in [0.15, 0.2) is 41.3 Å². The number of rotatable bonds is 16. The van der Waals surface area contributed by atoms with Crippen LogP contribution in [0.3, 0.4) is 0 Å². The summed E-state index contributed by atoms with van der Waals surface area (Å²) >= 11 is 1.40. The predicted octanol–water partition coefficient (Wildman–Crippen LogP) is 5.92. The van der Waals surface area contributed by atoms with E-state index in [4.69, 9.17) is 14.5 Å². The Labute approximate surface area is 254 Å². The van der Waals surface area contributed by atoms with E-state index >= 15 is 0 Å². The van der Waals surface area contributed by atoms with Crippen LogP contribution in [0, 0.1) is 0 Å². The molecule has 228 valence electrons. The largest absolute Gasteiger partial charge is 0.493 e. The van der Waals surface area contributed by atoms with Gasteiger partial charge >= 0.3 is 0 Å². The van der Waals surface area contributed by atoms with Gasteiger partial charge in [0.05, 0.1) is 29.3 Å². The molecule has 12 heteroatoms. The molecule has 0 saturated heterocycles. The second kappa shape index (κ2) is 16.3. The smallest absolute Gasteiger partial charge is 0.260 e. The van der Waals surface area contributed by atoms with E-state index in [1.807, 2.05) is 34.0 Å². The van der Waals surface area contributed by atoms with Crippen molar-refractivity contribution in [3.63, 3.8) is 0 Å². The van der Waals surface area contributed by atoms with Gasteiger partial charge in [0.1, 0.15) is 0 Å². The normalized spacial score (nSPS) is 11.6. The molecule has 0 unspecified atom stereocenters. The van der Waals surface area contributed by atoms with Gasteiger partial charge in [-0.3, -0.25) is 9.69 Å². The first-order valence-electron chi connectivity index (χ1n) is 13.8. The summed E-state index contributed by atoms with van der Waals surface area (Å²) in [6.45, 7) is 6.35. The number of unbranched alkanes of at least 4 members (excludes halogenated alkanes) is 2. The molecule has 0 bridgehead atoms. The van der Waals surface area contributed by atoms with E-state index in [9.17, 15) is 13.2 Å². The van der Waals surface area contributed by atoms with E-state index in [1.54, 1.807) is 53.8 Å². The van der Waals surface area contributed by atoms with Crippen LogP contribution in [-0.2, 0) is 10.0 Å². The highest BCUT2D eigenvalue weighted by molar-refractivity contribution is 7.89. The third kappa shape index (κ3) is 8.78. The number of nitrogens with zero attached hydrogens (tertiary/aromatic N) is 4. The maximum absolute atomic E-state index is 13.8. The van der Waals surface area contributed by atoms with Crippen molar-refractivity contribution < 1.29 is 22.7 Å². The van der Waals surface area contributed by atoms with Crippen LogP contribution in [-0.4, -0.2) is 83.0 Å². The zero-order chi connectivity index (χ0) is 29.3. The van der Waals surface area contributed by atoms with Gasteiger partial charge in [0.25, 0.3) is 5.91 Å². The topological polar surface area (TPSA) is 92.3 Å². The van der Waals surface area contributed by atoms with Crippen molar-refractivity contribution in [1.29, 1.82) is 0 Å². The molecule has 0 spiro atoms. The van der Waals surface area contributed by atoms with Crippen LogP contribution in [0.2, 0.25) is 0 Å². The Morgan fingerprint density at radius 3 is 2.00 bits per heavy atom. The number of benzene rings is 2. The zero-order valence-corrected chi connectivity index (χ0v) is 27.3. The summed E-state index contributed by atoms with van der Waals surface area (Å²) in [6.07, 6.45) is 4.20. The lowest BCUT2D eigenvalue weighted by molar-refractivity contribution is 0.0986. The van der Waals surface area contributed by atoms with Gasteiger partial charge in [-0.05, 0) is 64.2 Å². The summed E-state index contributed by atoms with van der Waals surface area (Å²) in [4.78, 5) is 22.5. The molecular weight excluding hydrogens is 584 g/mol. The lowest BCUT2D eigenvalue weighted by atomic mass is 10.2. The van der Waals surface area contributed by atoms with Crippen LogP contribution in [0.25, 0.3) is 10.2 Å². The molecule has 0 aliphatic rings. The van der Waals surface area contributed by atoms with Gasteiger partial charge in [-0.2, -0.15) is 4.31 Å². The summed E-state index contributed by atoms with van der Waals surface area (Å²) in [7, 11) is 3.49. The van der Waals surface area contributed by atoms with E-state index in [0.717, 1.165) is 43.3 Å². The highest BCUT2D eigenvalue weighted by atomic mass is 35.5. The Morgan fingerprint density at radius 1 is 0.878 bits per heavy atom. The number of halogens is 1. The number of thiazole rings is 1. The third-order valence-corrected chi connectivity index (χ3v) is 9.56. The number of carbonyl (C=O) groups is 1. The van der Waals surface area contributed by atoms with E-state index in [-0.39, 0.29) is 23.2 Å². The number of methoxy groups -OCH3 is 2. The number of hydrogen-bond acceptors (Lipinski definition) is 8. The Balaban J connectivity index is 0.00000588. The highest BCUT2D eigenvalue weighted by Gasteiger charge is 2.26. The van der Waals surface area contributed by atoms with Gasteiger partial charge in [-0.25, -0.2) is 13.4 Å². The quantitative estimate of drug-likeness (QED) is 0.195. The summed E-state index contributed by atoms with van der Waals surface area (Å²) in [5.74, 6) is 0.940. The summed E-state index contributed by atoms with van der Waals surface area (Å²) in [5, 5.41) is 0.566. The van der Waals surface area contributed by atoms with Gasteiger partial charge in [0.15, 0.2) is 16.6 Å². The minimum atomic E-state index is -3.65. The fourth-order valence-corrected chi connectivity index (χ4v) is 6.80. The Bertz CT molecular complexity index is 1310. The molecule has 0 N–H and O–H groups in total. The van der Waals surface area contributed by atoms with Gasteiger partial charge in [0.2, 0.25) is 10.0 Å². The summed E-state index contributed by atoms with van der Waals surface area (Å²) in [6, 6.07) is 9.95. The maximum atomic E-state index is 13.8. The molecule has 0 fully saturated rings. The van der Waals surface area contributed by atoms with Gasteiger partial charge < -0.3 is 14.4 Å².